The van der Waals surface area contributed by atoms with Gasteiger partial charge in [-0.1, -0.05) is 0 Å². The Morgan fingerprint density at radius 1 is 1.19 bits per heavy atom. The van der Waals surface area contributed by atoms with E-state index >= 15 is 0 Å². The normalized spacial score (nSPS) is 15.8. The fourth-order valence-corrected chi connectivity index (χ4v) is 3.90. The molecule has 0 radical (unpaired) electrons. The maximum absolute atomic E-state index is 12.6. The first-order valence-corrected chi connectivity index (χ1v) is 9.06. The molecule has 1 saturated heterocycles. The SMILES string of the molecule is CC(=O)c1c(C)nn(C(C)CC(=O)N2CC(n3nc(C)cc3C)C2)c1C. The molecule has 7 heteroatoms. The van der Waals surface area contributed by atoms with Crippen LogP contribution in [-0.2, 0) is 4.79 Å². The van der Waals surface area contributed by atoms with E-state index in [4.69, 9.17) is 0 Å². The molecule has 1 unspecified atom stereocenters. The van der Waals surface area contributed by atoms with Gasteiger partial charge in [0.15, 0.2) is 5.78 Å². The Bertz CT molecular complexity index is 858. The second-order valence-corrected chi connectivity index (χ2v) is 7.42. The van der Waals surface area contributed by atoms with Gasteiger partial charge in [0.05, 0.1) is 29.0 Å². The number of ketones is 1. The molecular formula is C19H27N5O2. The Balaban J connectivity index is 1.62. The number of carbonyl (C=O) groups excluding carboxylic acids is 2. The van der Waals surface area contributed by atoms with Crippen LogP contribution >= 0.6 is 0 Å². The first kappa shape index (κ1) is 18.4. The number of carbonyl (C=O) groups is 2. The number of amides is 1. The molecule has 3 rings (SSSR count). The number of aromatic nitrogens is 4. The van der Waals surface area contributed by atoms with Crippen LogP contribution in [0.5, 0.6) is 0 Å². The highest BCUT2D eigenvalue weighted by Gasteiger charge is 2.34. The number of hydrogen-bond acceptors (Lipinski definition) is 4. The van der Waals surface area contributed by atoms with E-state index in [-0.39, 0.29) is 23.8 Å². The monoisotopic (exact) mass is 357 g/mol. The van der Waals surface area contributed by atoms with Crippen LogP contribution < -0.4 is 0 Å². The third-order valence-corrected chi connectivity index (χ3v) is 5.17. The molecule has 0 bridgehead atoms. The summed E-state index contributed by atoms with van der Waals surface area (Å²) in [6.07, 6.45) is 0.378. The number of hydrogen-bond donors (Lipinski definition) is 0. The molecule has 7 nitrogen and oxygen atoms in total. The summed E-state index contributed by atoms with van der Waals surface area (Å²) in [6.45, 7) is 12.7. The zero-order chi connectivity index (χ0) is 19.2. The van der Waals surface area contributed by atoms with E-state index in [1.54, 1.807) is 6.92 Å². The average molecular weight is 357 g/mol. The molecule has 0 aromatic carbocycles. The molecule has 2 aromatic heterocycles. The van der Waals surface area contributed by atoms with Crippen LogP contribution in [-0.4, -0.2) is 49.2 Å². The number of aryl methyl sites for hydroxylation is 3. The minimum absolute atomic E-state index is 0.0141. The lowest BCUT2D eigenvalue weighted by Crippen LogP contribution is -2.51. The van der Waals surface area contributed by atoms with Crippen LogP contribution in [0.1, 0.15) is 65.5 Å². The number of nitrogens with zero attached hydrogens (tertiary/aromatic N) is 5. The Hall–Kier alpha value is -2.44. The molecule has 2 aromatic rings. The topological polar surface area (TPSA) is 73.0 Å². The predicted molar refractivity (Wildman–Crippen MR) is 98.4 cm³/mol. The van der Waals surface area contributed by atoms with Gasteiger partial charge in [-0.25, -0.2) is 0 Å². The zero-order valence-corrected chi connectivity index (χ0v) is 16.4. The van der Waals surface area contributed by atoms with Gasteiger partial charge in [0.25, 0.3) is 0 Å². The average Bonchev–Trinajstić information content (AvgIpc) is 2.96. The van der Waals surface area contributed by atoms with Crippen molar-refractivity contribution in [2.75, 3.05) is 13.1 Å². The zero-order valence-electron chi connectivity index (χ0n) is 16.4. The lowest BCUT2D eigenvalue weighted by Gasteiger charge is -2.40. The molecule has 140 valence electrons. The summed E-state index contributed by atoms with van der Waals surface area (Å²) in [5.41, 5.74) is 4.36. The molecule has 1 aliphatic heterocycles. The van der Waals surface area contributed by atoms with Gasteiger partial charge in [-0.15, -0.1) is 0 Å². The van der Waals surface area contributed by atoms with E-state index in [2.05, 4.69) is 16.3 Å². The number of rotatable bonds is 5. The van der Waals surface area contributed by atoms with E-state index in [1.165, 1.54) is 0 Å². The van der Waals surface area contributed by atoms with Gasteiger partial charge in [0, 0.05) is 30.9 Å². The van der Waals surface area contributed by atoms with Crippen LogP contribution in [0.2, 0.25) is 0 Å². The van der Waals surface area contributed by atoms with Gasteiger partial charge in [0.1, 0.15) is 0 Å². The van der Waals surface area contributed by atoms with E-state index in [1.807, 2.05) is 48.9 Å². The summed E-state index contributed by atoms with van der Waals surface area (Å²) in [5.74, 6) is 0.132. The minimum Gasteiger partial charge on any atom is -0.338 e. The first-order valence-electron chi connectivity index (χ1n) is 9.06. The van der Waals surface area contributed by atoms with Gasteiger partial charge >= 0.3 is 0 Å². The molecule has 0 N–H and O–H groups in total. The Kier molecular flexibility index (Phi) is 4.73. The third kappa shape index (κ3) is 3.18. The van der Waals surface area contributed by atoms with Crippen molar-refractivity contribution in [1.82, 2.24) is 24.5 Å². The highest BCUT2D eigenvalue weighted by molar-refractivity contribution is 5.96. The standard InChI is InChI=1S/C19H27N5O2/c1-11-7-12(2)24(20-11)17-9-22(10-17)18(26)8-13(3)23-15(5)19(16(6)25)14(4)21-23/h7,13,17H,8-10H2,1-6H3. The first-order chi connectivity index (χ1) is 12.2. The van der Waals surface area contributed by atoms with Crippen LogP contribution in [0, 0.1) is 27.7 Å². The molecule has 1 atom stereocenters. The molecule has 0 saturated carbocycles. The van der Waals surface area contributed by atoms with Crippen LogP contribution in [0.3, 0.4) is 0 Å². The van der Waals surface area contributed by atoms with Crippen molar-refractivity contribution in [2.24, 2.45) is 0 Å². The van der Waals surface area contributed by atoms with E-state index in [0.29, 0.717) is 25.1 Å². The van der Waals surface area contributed by atoms with Gasteiger partial charge in [0.2, 0.25) is 5.91 Å². The molecule has 1 fully saturated rings. The summed E-state index contributed by atoms with van der Waals surface area (Å²) in [4.78, 5) is 26.2. The smallest absolute Gasteiger partial charge is 0.224 e. The summed E-state index contributed by atoms with van der Waals surface area (Å²) >= 11 is 0. The van der Waals surface area contributed by atoms with Gasteiger partial charge in [-0.3, -0.25) is 19.0 Å². The highest BCUT2D eigenvalue weighted by atomic mass is 16.2. The van der Waals surface area contributed by atoms with Crippen molar-refractivity contribution in [3.8, 4) is 0 Å². The molecule has 0 aliphatic carbocycles. The maximum atomic E-state index is 12.6. The van der Waals surface area contributed by atoms with Crippen molar-refractivity contribution in [1.29, 1.82) is 0 Å². The summed E-state index contributed by atoms with van der Waals surface area (Å²) < 4.78 is 3.82. The highest BCUT2D eigenvalue weighted by Crippen LogP contribution is 2.26. The fourth-order valence-electron chi connectivity index (χ4n) is 3.90. The summed E-state index contributed by atoms with van der Waals surface area (Å²) in [6, 6.07) is 2.24. The van der Waals surface area contributed by atoms with Gasteiger partial charge in [-0.05, 0) is 47.6 Å². The van der Waals surface area contributed by atoms with Crippen LogP contribution in [0.15, 0.2) is 6.07 Å². The largest absolute Gasteiger partial charge is 0.338 e. The van der Waals surface area contributed by atoms with E-state index in [9.17, 15) is 9.59 Å². The summed E-state index contributed by atoms with van der Waals surface area (Å²) in [5, 5.41) is 8.98. The van der Waals surface area contributed by atoms with Crippen molar-refractivity contribution >= 4 is 11.7 Å². The molecule has 0 spiro atoms. The predicted octanol–water partition coefficient (Wildman–Crippen LogP) is 2.55. The second-order valence-electron chi connectivity index (χ2n) is 7.42. The quantitative estimate of drug-likeness (QED) is 0.771. The van der Waals surface area contributed by atoms with E-state index in [0.717, 1.165) is 22.8 Å². The Morgan fingerprint density at radius 2 is 1.85 bits per heavy atom. The lowest BCUT2D eigenvalue weighted by molar-refractivity contribution is -0.138. The summed E-state index contributed by atoms with van der Waals surface area (Å²) in [7, 11) is 0. The molecule has 1 amide bonds. The van der Waals surface area contributed by atoms with Crippen molar-refractivity contribution < 1.29 is 9.59 Å². The molecule has 3 heterocycles. The third-order valence-electron chi connectivity index (χ3n) is 5.17. The van der Waals surface area contributed by atoms with Crippen LogP contribution in [0.4, 0.5) is 0 Å². The fraction of sp³-hybridized carbons (Fsp3) is 0.579. The molecule has 1 aliphatic rings. The Labute approximate surface area is 154 Å². The van der Waals surface area contributed by atoms with Gasteiger partial charge < -0.3 is 4.90 Å². The molecule has 26 heavy (non-hydrogen) atoms. The van der Waals surface area contributed by atoms with Crippen LogP contribution in [0.25, 0.3) is 0 Å². The second kappa shape index (κ2) is 6.70. The maximum Gasteiger partial charge on any atom is 0.224 e. The minimum atomic E-state index is -0.0815. The van der Waals surface area contributed by atoms with Crippen molar-refractivity contribution in [3.05, 3.63) is 34.4 Å². The number of likely N-dealkylation sites (tertiary alicyclic amines) is 1. The Morgan fingerprint density at radius 3 is 2.35 bits per heavy atom. The number of Topliss-reactive ketones (excluding diaryl/α,β-unsaturated/α-hetero) is 1. The van der Waals surface area contributed by atoms with E-state index < -0.39 is 0 Å². The van der Waals surface area contributed by atoms with Crippen molar-refractivity contribution in [2.45, 2.75) is 60.0 Å². The van der Waals surface area contributed by atoms with Gasteiger partial charge in [-0.2, -0.15) is 10.2 Å². The van der Waals surface area contributed by atoms with Crippen molar-refractivity contribution in [3.63, 3.8) is 0 Å². The lowest BCUT2D eigenvalue weighted by atomic mass is 10.1. The molecular weight excluding hydrogens is 330 g/mol.